The molecule has 0 radical (unpaired) electrons. The van der Waals surface area contributed by atoms with E-state index in [9.17, 15) is 13.2 Å². The summed E-state index contributed by atoms with van der Waals surface area (Å²) < 4.78 is 38.8. The second kappa shape index (κ2) is 5.70. The highest BCUT2D eigenvalue weighted by atomic mass is 19.4. The van der Waals surface area contributed by atoms with E-state index in [0.29, 0.717) is 18.3 Å². The van der Waals surface area contributed by atoms with Gasteiger partial charge in [0.2, 0.25) is 0 Å². The zero-order chi connectivity index (χ0) is 14.8. The summed E-state index contributed by atoms with van der Waals surface area (Å²) >= 11 is 0. The second-order valence-electron chi connectivity index (χ2n) is 5.09. The molecule has 108 valence electrons. The van der Waals surface area contributed by atoms with Crippen LogP contribution in [0, 0.1) is 17.2 Å². The van der Waals surface area contributed by atoms with Gasteiger partial charge in [0.1, 0.15) is 11.9 Å². The topological polar surface area (TPSA) is 39.9 Å². The number of nitrogens with zero attached hydrogens (tertiary/aromatic N) is 3. The maximum Gasteiger partial charge on any atom is 0.417 e. The van der Waals surface area contributed by atoms with Crippen LogP contribution < -0.4 is 4.90 Å². The van der Waals surface area contributed by atoms with E-state index in [1.54, 1.807) is 6.07 Å². The fourth-order valence-electron chi connectivity index (χ4n) is 2.12. The molecule has 0 N–H and O–H groups in total. The molecule has 0 aliphatic heterocycles. The van der Waals surface area contributed by atoms with Crippen molar-refractivity contribution in [2.75, 3.05) is 18.0 Å². The van der Waals surface area contributed by atoms with Gasteiger partial charge in [-0.3, -0.25) is 0 Å². The molecule has 0 unspecified atom stereocenters. The van der Waals surface area contributed by atoms with Gasteiger partial charge in [0, 0.05) is 19.3 Å². The number of anilines is 1. The first-order valence-corrected chi connectivity index (χ1v) is 6.68. The monoisotopic (exact) mass is 283 g/mol. The molecule has 1 saturated carbocycles. The Balaban J connectivity index is 2.32. The molecular formula is C14H16F3N3. The Morgan fingerprint density at radius 3 is 2.65 bits per heavy atom. The molecule has 0 amide bonds. The molecular weight excluding hydrogens is 267 g/mol. The van der Waals surface area contributed by atoms with E-state index in [1.165, 1.54) is 0 Å². The highest BCUT2D eigenvalue weighted by Crippen LogP contribution is 2.35. The van der Waals surface area contributed by atoms with Crippen LogP contribution in [-0.2, 0) is 6.18 Å². The Morgan fingerprint density at radius 2 is 2.15 bits per heavy atom. The molecule has 1 aromatic heterocycles. The first kappa shape index (κ1) is 14.6. The molecule has 20 heavy (non-hydrogen) atoms. The van der Waals surface area contributed by atoms with Crippen LogP contribution in [0.5, 0.6) is 0 Å². The third-order valence-corrected chi connectivity index (χ3v) is 3.31. The molecule has 0 aromatic carbocycles. The summed E-state index contributed by atoms with van der Waals surface area (Å²) in [7, 11) is 0. The summed E-state index contributed by atoms with van der Waals surface area (Å²) in [4.78, 5) is 5.91. The van der Waals surface area contributed by atoms with Crippen molar-refractivity contribution in [3.05, 3.63) is 23.4 Å². The maximum absolute atomic E-state index is 12.9. The Labute approximate surface area is 116 Å². The summed E-state index contributed by atoms with van der Waals surface area (Å²) in [6.45, 7) is 3.39. The molecule has 1 aliphatic rings. The van der Waals surface area contributed by atoms with Crippen LogP contribution in [0.4, 0.5) is 19.0 Å². The van der Waals surface area contributed by atoms with Crippen molar-refractivity contribution in [3.8, 4) is 6.07 Å². The molecule has 1 aliphatic carbocycles. The van der Waals surface area contributed by atoms with Gasteiger partial charge in [0.05, 0.1) is 11.1 Å². The van der Waals surface area contributed by atoms with Gasteiger partial charge in [-0.1, -0.05) is 6.92 Å². The molecule has 6 heteroatoms. The number of halogens is 3. The first-order chi connectivity index (χ1) is 9.45. The van der Waals surface area contributed by atoms with E-state index >= 15 is 0 Å². The number of aromatic nitrogens is 1. The van der Waals surface area contributed by atoms with Gasteiger partial charge in [0.25, 0.3) is 0 Å². The Morgan fingerprint density at radius 1 is 1.45 bits per heavy atom. The zero-order valence-electron chi connectivity index (χ0n) is 11.2. The summed E-state index contributed by atoms with van der Waals surface area (Å²) in [5.74, 6) is 0.874. The Bertz CT molecular complexity index is 515. The number of pyridine rings is 1. The number of hydrogen-bond donors (Lipinski definition) is 0. The average molecular weight is 283 g/mol. The zero-order valence-corrected chi connectivity index (χ0v) is 11.2. The largest absolute Gasteiger partial charge is 0.417 e. The summed E-state index contributed by atoms with van der Waals surface area (Å²) in [5.41, 5.74) is -1.33. The van der Waals surface area contributed by atoms with E-state index < -0.39 is 17.3 Å². The van der Waals surface area contributed by atoms with Crippen LogP contribution in [0.25, 0.3) is 0 Å². The molecule has 0 atom stereocenters. The normalized spacial score (nSPS) is 14.9. The highest BCUT2D eigenvalue weighted by molar-refractivity contribution is 5.48. The molecule has 1 heterocycles. The number of alkyl halides is 3. The van der Waals surface area contributed by atoms with E-state index in [4.69, 9.17) is 5.26 Å². The van der Waals surface area contributed by atoms with Crippen LogP contribution >= 0.6 is 0 Å². The third-order valence-electron chi connectivity index (χ3n) is 3.31. The minimum Gasteiger partial charge on any atom is -0.356 e. The lowest BCUT2D eigenvalue weighted by molar-refractivity contribution is -0.137. The quantitative estimate of drug-likeness (QED) is 0.829. The van der Waals surface area contributed by atoms with Gasteiger partial charge in [-0.25, -0.2) is 4.98 Å². The van der Waals surface area contributed by atoms with Crippen molar-refractivity contribution >= 4 is 5.82 Å². The van der Waals surface area contributed by atoms with Crippen molar-refractivity contribution in [2.45, 2.75) is 32.4 Å². The maximum atomic E-state index is 12.9. The summed E-state index contributed by atoms with van der Waals surface area (Å²) in [6, 6.07) is 2.55. The molecule has 0 spiro atoms. The molecule has 1 aromatic rings. The van der Waals surface area contributed by atoms with Crippen molar-refractivity contribution < 1.29 is 13.2 Å². The van der Waals surface area contributed by atoms with E-state index in [1.807, 2.05) is 11.8 Å². The van der Waals surface area contributed by atoms with Gasteiger partial charge >= 0.3 is 6.18 Å². The lowest BCUT2D eigenvalue weighted by Crippen LogP contribution is -2.28. The van der Waals surface area contributed by atoms with Gasteiger partial charge in [0.15, 0.2) is 0 Å². The SMILES string of the molecule is CCCN(CC1CC1)c1cc(C(F)(F)F)c(C#N)cn1. The van der Waals surface area contributed by atoms with Crippen molar-refractivity contribution in [1.29, 1.82) is 5.26 Å². The van der Waals surface area contributed by atoms with Crippen LogP contribution in [0.3, 0.4) is 0 Å². The number of rotatable bonds is 5. The van der Waals surface area contributed by atoms with Crippen LogP contribution in [0.15, 0.2) is 12.3 Å². The first-order valence-electron chi connectivity index (χ1n) is 6.68. The fraction of sp³-hybridized carbons (Fsp3) is 0.571. The van der Waals surface area contributed by atoms with Gasteiger partial charge < -0.3 is 4.90 Å². The van der Waals surface area contributed by atoms with E-state index in [0.717, 1.165) is 38.1 Å². The molecule has 2 rings (SSSR count). The van der Waals surface area contributed by atoms with Gasteiger partial charge in [-0.2, -0.15) is 18.4 Å². The lowest BCUT2D eigenvalue weighted by atomic mass is 10.1. The number of hydrogen-bond acceptors (Lipinski definition) is 3. The molecule has 0 bridgehead atoms. The lowest BCUT2D eigenvalue weighted by Gasteiger charge is -2.24. The summed E-state index contributed by atoms with van der Waals surface area (Å²) in [5, 5.41) is 8.77. The Kier molecular flexibility index (Phi) is 4.17. The van der Waals surface area contributed by atoms with Crippen LogP contribution in [-0.4, -0.2) is 18.1 Å². The third kappa shape index (κ3) is 3.41. The molecule has 3 nitrogen and oxygen atoms in total. The van der Waals surface area contributed by atoms with Gasteiger partial charge in [-0.15, -0.1) is 0 Å². The smallest absolute Gasteiger partial charge is 0.356 e. The standard InChI is InChI=1S/C14H16F3N3/c1-2-5-20(9-10-3-4-10)13-6-12(14(15,16)17)11(7-18)8-19-13/h6,8,10H,2-5,9H2,1H3. The average Bonchev–Trinajstić information content (AvgIpc) is 3.20. The van der Waals surface area contributed by atoms with Crippen molar-refractivity contribution in [3.63, 3.8) is 0 Å². The minimum absolute atomic E-state index is 0.310. The minimum atomic E-state index is -4.53. The van der Waals surface area contributed by atoms with Crippen molar-refractivity contribution in [2.24, 2.45) is 5.92 Å². The fourth-order valence-corrected chi connectivity index (χ4v) is 2.12. The summed E-state index contributed by atoms with van der Waals surface area (Å²) in [6.07, 6.45) is -0.408. The van der Waals surface area contributed by atoms with E-state index in [2.05, 4.69) is 4.98 Å². The predicted molar refractivity (Wildman–Crippen MR) is 69.2 cm³/mol. The van der Waals surface area contributed by atoms with Crippen LogP contribution in [0.2, 0.25) is 0 Å². The van der Waals surface area contributed by atoms with E-state index in [-0.39, 0.29) is 0 Å². The van der Waals surface area contributed by atoms with Gasteiger partial charge in [-0.05, 0) is 31.2 Å². The Hall–Kier alpha value is -1.77. The molecule has 1 fully saturated rings. The highest BCUT2D eigenvalue weighted by Gasteiger charge is 2.35. The molecule has 0 saturated heterocycles. The second-order valence-corrected chi connectivity index (χ2v) is 5.09. The predicted octanol–water partition coefficient (Wildman–Crippen LogP) is 3.60. The van der Waals surface area contributed by atoms with Crippen LogP contribution in [0.1, 0.15) is 37.3 Å². The number of nitriles is 1. The van der Waals surface area contributed by atoms with Crippen molar-refractivity contribution in [1.82, 2.24) is 4.98 Å².